The van der Waals surface area contributed by atoms with Gasteiger partial charge in [0.25, 0.3) is 0 Å². The van der Waals surface area contributed by atoms with E-state index in [1.54, 1.807) is 0 Å². The largest absolute Gasteiger partial charge is 0.454 e. The van der Waals surface area contributed by atoms with Crippen LogP contribution in [0.25, 0.3) is 80.7 Å². The second-order valence-electron chi connectivity index (χ2n) is 13.3. The second-order valence-corrected chi connectivity index (χ2v) is 14.4. The number of nitrogens with zero attached hydrogens (tertiary/aromatic N) is 2. The molecule has 0 N–H and O–H groups in total. The van der Waals surface area contributed by atoms with Gasteiger partial charge < -0.3 is 13.9 Å². The highest BCUT2D eigenvalue weighted by molar-refractivity contribution is 7.26. The van der Waals surface area contributed by atoms with Crippen molar-refractivity contribution in [1.82, 2.24) is 4.57 Å². The normalized spacial score (nSPS) is 11.8. The zero-order valence-electron chi connectivity index (χ0n) is 28.0. The molecule has 0 saturated carbocycles. The molecule has 11 rings (SSSR count). The highest BCUT2D eigenvalue weighted by Crippen LogP contribution is 2.49. The molecule has 11 aromatic rings. The molecule has 8 aromatic carbocycles. The molecule has 0 radical (unpaired) electrons. The van der Waals surface area contributed by atoms with Crippen molar-refractivity contribution >= 4 is 92.3 Å². The maximum absolute atomic E-state index is 6.75. The number of thiophene rings is 1. The third kappa shape index (κ3) is 4.38. The molecular formula is C48H30N2OS. The van der Waals surface area contributed by atoms with Crippen molar-refractivity contribution in [3.05, 3.63) is 182 Å². The SMILES string of the molecule is c1ccc(-c2ccc(N(c3cccc4c3oc3ccccc34)c3cc(-n4c5ccccc5c5ccccc54)cc4c3sc3ccccc34)cc2)cc1. The molecule has 0 aliphatic heterocycles. The number of anilines is 3. The number of furan rings is 1. The molecule has 0 unspecified atom stereocenters. The summed E-state index contributed by atoms with van der Waals surface area (Å²) in [5, 5.41) is 7.20. The van der Waals surface area contributed by atoms with Crippen LogP contribution in [-0.2, 0) is 0 Å². The Morgan fingerprint density at radius 1 is 0.442 bits per heavy atom. The monoisotopic (exact) mass is 682 g/mol. The number of hydrogen-bond acceptors (Lipinski definition) is 3. The molecule has 4 heteroatoms. The Morgan fingerprint density at radius 2 is 1.06 bits per heavy atom. The number of hydrogen-bond donors (Lipinski definition) is 0. The van der Waals surface area contributed by atoms with Crippen LogP contribution >= 0.6 is 11.3 Å². The fraction of sp³-hybridized carbons (Fsp3) is 0. The van der Waals surface area contributed by atoms with Gasteiger partial charge in [-0.2, -0.15) is 0 Å². The van der Waals surface area contributed by atoms with Crippen LogP contribution in [0.15, 0.2) is 186 Å². The van der Waals surface area contributed by atoms with Crippen LogP contribution in [0.3, 0.4) is 0 Å². The van der Waals surface area contributed by atoms with E-state index >= 15 is 0 Å². The molecule has 0 amide bonds. The van der Waals surface area contributed by atoms with Crippen LogP contribution in [0, 0.1) is 0 Å². The first kappa shape index (κ1) is 29.1. The van der Waals surface area contributed by atoms with Crippen LogP contribution < -0.4 is 4.90 Å². The lowest BCUT2D eigenvalue weighted by atomic mass is 10.0. The minimum absolute atomic E-state index is 0.868. The van der Waals surface area contributed by atoms with Gasteiger partial charge in [-0.25, -0.2) is 0 Å². The van der Waals surface area contributed by atoms with Crippen molar-refractivity contribution in [2.45, 2.75) is 0 Å². The summed E-state index contributed by atoms with van der Waals surface area (Å²) in [6.45, 7) is 0. The van der Waals surface area contributed by atoms with Gasteiger partial charge in [0, 0.05) is 48.4 Å². The molecule has 3 nitrogen and oxygen atoms in total. The number of para-hydroxylation sites is 4. The van der Waals surface area contributed by atoms with Gasteiger partial charge in [0.1, 0.15) is 5.58 Å². The van der Waals surface area contributed by atoms with E-state index in [0.29, 0.717) is 0 Å². The van der Waals surface area contributed by atoms with Gasteiger partial charge in [-0.1, -0.05) is 127 Å². The van der Waals surface area contributed by atoms with Crippen LogP contribution in [0.4, 0.5) is 17.1 Å². The smallest absolute Gasteiger partial charge is 0.159 e. The lowest BCUT2D eigenvalue weighted by Crippen LogP contribution is -2.11. The minimum atomic E-state index is 0.868. The van der Waals surface area contributed by atoms with Crippen molar-refractivity contribution in [3.8, 4) is 16.8 Å². The highest BCUT2D eigenvalue weighted by atomic mass is 32.1. The van der Waals surface area contributed by atoms with E-state index in [-0.39, 0.29) is 0 Å². The Morgan fingerprint density at radius 3 is 1.83 bits per heavy atom. The number of rotatable bonds is 5. The van der Waals surface area contributed by atoms with Gasteiger partial charge in [0.15, 0.2) is 5.58 Å². The number of benzene rings is 8. The molecule has 0 aliphatic carbocycles. The highest BCUT2D eigenvalue weighted by Gasteiger charge is 2.24. The van der Waals surface area contributed by atoms with Gasteiger partial charge in [0.05, 0.1) is 27.1 Å². The van der Waals surface area contributed by atoms with Gasteiger partial charge in [0.2, 0.25) is 0 Å². The Kier molecular flexibility index (Phi) is 6.42. The van der Waals surface area contributed by atoms with Crippen LogP contribution in [-0.4, -0.2) is 4.57 Å². The first-order chi connectivity index (χ1) is 25.8. The summed E-state index contributed by atoms with van der Waals surface area (Å²) in [5.74, 6) is 0. The van der Waals surface area contributed by atoms with E-state index in [2.05, 4.69) is 185 Å². The fourth-order valence-electron chi connectivity index (χ4n) is 8.04. The summed E-state index contributed by atoms with van der Waals surface area (Å²) in [4.78, 5) is 2.41. The second kappa shape index (κ2) is 11.5. The molecule has 52 heavy (non-hydrogen) atoms. The van der Waals surface area contributed by atoms with E-state index in [9.17, 15) is 0 Å². The fourth-order valence-corrected chi connectivity index (χ4v) is 9.23. The van der Waals surface area contributed by atoms with E-state index in [4.69, 9.17) is 4.42 Å². The van der Waals surface area contributed by atoms with Gasteiger partial charge >= 0.3 is 0 Å². The van der Waals surface area contributed by atoms with Crippen LogP contribution in [0.1, 0.15) is 0 Å². The summed E-state index contributed by atoms with van der Waals surface area (Å²) in [6.07, 6.45) is 0. The van der Waals surface area contributed by atoms with Crippen molar-refractivity contribution in [2.24, 2.45) is 0 Å². The summed E-state index contributed by atoms with van der Waals surface area (Å²) in [7, 11) is 0. The molecule has 3 aromatic heterocycles. The van der Waals surface area contributed by atoms with Gasteiger partial charge in [-0.05, 0) is 65.7 Å². The molecular weight excluding hydrogens is 653 g/mol. The van der Waals surface area contributed by atoms with Crippen molar-refractivity contribution in [3.63, 3.8) is 0 Å². The molecule has 0 bridgehead atoms. The lowest BCUT2D eigenvalue weighted by molar-refractivity contribution is 0.669. The lowest BCUT2D eigenvalue weighted by Gasteiger charge is -2.27. The molecule has 3 heterocycles. The summed E-state index contributed by atoms with van der Waals surface area (Å²) in [5.41, 5.74) is 10.8. The van der Waals surface area contributed by atoms with Crippen molar-refractivity contribution in [1.29, 1.82) is 0 Å². The van der Waals surface area contributed by atoms with Crippen LogP contribution in [0.5, 0.6) is 0 Å². The molecule has 0 saturated heterocycles. The summed E-state index contributed by atoms with van der Waals surface area (Å²) >= 11 is 1.85. The predicted octanol–water partition coefficient (Wildman–Crippen LogP) is 14.2. The molecule has 244 valence electrons. The maximum Gasteiger partial charge on any atom is 0.159 e. The third-order valence-electron chi connectivity index (χ3n) is 10.4. The minimum Gasteiger partial charge on any atom is -0.454 e. The van der Waals surface area contributed by atoms with Gasteiger partial charge in [-0.3, -0.25) is 0 Å². The first-order valence-electron chi connectivity index (χ1n) is 17.6. The average Bonchev–Trinajstić information content (AvgIpc) is 3.89. The van der Waals surface area contributed by atoms with E-state index in [0.717, 1.165) is 44.7 Å². The van der Waals surface area contributed by atoms with Crippen molar-refractivity contribution in [2.75, 3.05) is 4.90 Å². The van der Waals surface area contributed by atoms with Crippen molar-refractivity contribution < 1.29 is 4.42 Å². The zero-order valence-corrected chi connectivity index (χ0v) is 28.8. The third-order valence-corrected chi connectivity index (χ3v) is 11.6. The average molecular weight is 683 g/mol. The standard InChI is InChI=1S/C48H30N2OS/c1-2-13-31(14-3-1)32-25-27-33(28-26-32)49(43-22-12-19-39-37-17-6-10-23-45(37)51-47(39)43)44-30-34(29-40-38-18-7-11-24-46(38)52-48(40)44)50-41-20-8-4-15-35(41)36-16-5-9-21-42(36)50/h1-30H. The predicted molar refractivity (Wildman–Crippen MR) is 221 cm³/mol. The maximum atomic E-state index is 6.75. The Labute approximate surface area is 303 Å². The number of aromatic nitrogens is 1. The molecule has 0 fully saturated rings. The Balaban J connectivity index is 1.25. The Hall–Kier alpha value is -6.62. The number of fused-ring (bicyclic) bond motifs is 9. The Bertz CT molecular complexity index is 3080. The zero-order chi connectivity index (χ0) is 34.2. The van der Waals surface area contributed by atoms with E-state index in [1.807, 2.05) is 17.4 Å². The summed E-state index contributed by atoms with van der Waals surface area (Å²) < 4.78 is 11.7. The van der Waals surface area contributed by atoms with E-state index in [1.165, 1.54) is 53.1 Å². The molecule has 0 aliphatic rings. The quantitative estimate of drug-likeness (QED) is 0.180. The van der Waals surface area contributed by atoms with Crippen LogP contribution in [0.2, 0.25) is 0 Å². The van der Waals surface area contributed by atoms with Gasteiger partial charge in [-0.15, -0.1) is 11.3 Å². The molecule has 0 spiro atoms. The summed E-state index contributed by atoms with van der Waals surface area (Å²) in [6, 6.07) is 65.4. The topological polar surface area (TPSA) is 21.3 Å². The van der Waals surface area contributed by atoms with E-state index < -0.39 is 0 Å². The molecule has 0 atom stereocenters. The first-order valence-corrected chi connectivity index (χ1v) is 18.4.